The molecule has 3 aliphatic carbocycles. The van der Waals surface area contributed by atoms with E-state index in [1.165, 1.54) is 19.0 Å². The van der Waals surface area contributed by atoms with E-state index in [1.807, 2.05) is 0 Å². The van der Waals surface area contributed by atoms with Gasteiger partial charge in [0.15, 0.2) is 17.1 Å². The maximum Gasteiger partial charge on any atom is 0.408 e. The molecule has 5 rings (SSSR count). The van der Waals surface area contributed by atoms with E-state index in [-0.39, 0.29) is 31.4 Å². The van der Waals surface area contributed by atoms with E-state index in [0.717, 1.165) is 6.07 Å². The molecule has 294 valence electrons. The van der Waals surface area contributed by atoms with Crippen LogP contribution in [0.3, 0.4) is 0 Å². The van der Waals surface area contributed by atoms with E-state index in [2.05, 4.69) is 10.6 Å². The number of halogens is 1. The minimum Gasteiger partial charge on any atom is -0.508 e. The number of hydrogen-bond acceptors (Lipinski definition) is 13. The summed E-state index contributed by atoms with van der Waals surface area (Å²) in [6.07, 6.45) is -2.28. The smallest absolute Gasteiger partial charge is 0.408 e. The number of hydrogen-bond donors (Lipinski definition) is 7. The molecule has 2 aromatic rings. The number of aromatic hydroxyl groups is 1. The highest BCUT2D eigenvalue weighted by Gasteiger charge is 2.64. The maximum atomic E-state index is 15.8. The van der Waals surface area contributed by atoms with E-state index < -0.39 is 122 Å². The highest BCUT2D eigenvalue weighted by atomic mass is 19.1. The first-order chi connectivity index (χ1) is 25.7. The number of nitrogens with two attached hydrogens (primary N) is 1. The molecule has 0 aliphatic heterocycles. The van der Waals surface area contributed by atoms with Crippen molar-refractivity contribution in [2.45, 2.75) is 76.3 Å². The SMILES string of the molecule is CN(C)[C@@H]1C(=O)C(C(N)=O)=C(O)[C@@]2(O)C(=O)C3=C(O)c4c(O)c(NC(=O)CC[C@H](NC(=O)OC(C)(C)C)C(=O)OCc5ccccc5)cc(F)c4C[C@H]3C[C@@H]12. The number of phenolic OH excluding ortho intramolecular Hbond substituents is 1. The van der Waals surface area contributed by atoms with Crippen LogP contribution in [0, 0.1) is 17.7 Å². The van der Waals surface area contributed by atoms with Gasteiger partial charge in [0.1, 0.15) is 41.2 Å². The van der Waals surface area contributed by atoms with Gasteiger partial charge in [-0.25, -0.2) is 14.0 Å². The summed E-state index contributed by atoms with van der Waals surface area (Å²) in [6.45, 7) is 4.71. The van der Waals surface area contributed by atoms with E-state index in [4.69, 9.17) is 15.2 Å². The van der Waals surface area contributed by atoms with Crippen molar-refractivity contribution in [3.8, 4) is 5.75 Å². The van der Waals surface area contributed by atoms with E-state index >= 15 is 4.39 Å². The number of nitrogens with one attached hydrogen (secondary N) is 2. The van der Waals surface area contributed by atoms with Crippen LogP contribution in [0.25, 0.3) is 5.76 Å². The molecular formula is C38H43FN4O12. The molecule has 0 spiro atoms. The molecule has 8 N–H and O–H groups in total. The minimum atomic E-state index is -2.89. The van der Waals surface area contributed by atoms with Gasteiger partial charge >= 0.3 is 12.1 Å². The second-order valence-electron chi connectivity index (χ2n) is 14.9. The van der Waals surface area contributed by atoms with Crippen molar-refractivity contribution in [1.82, 2.24) is 10.2 Å². The van der Waals surface area contributed by atoms with Gasteiger partial charge in [-0.15, -0.1) is 0 Å². The molecule has 2 aromatic carbocycles. The van der Waals surface area contributed by atoms with Gasteiger partial charge in [-0.05, 0) is 65.6 Å². The van der Waals surface area contributed by atoms with Crippen molar-refractivity contribution < 1.29 is 63.1 Å². The number of primary amides is 1. The molecule has 16 nitrogen and oxygen atoms in total. The van der Waals surface area contributed by atoms with Crippen LogP contribution in [-0.4, -0.2) is 98.2 Å². The molecule has 1 fully saturated rings. The summed E-state index contributed by atoms with van der Waals surface area (Å²) in [6, 6.07) is 6.83. The number of anilines is 1. The number of carbonyl (C=O) groups is 6. The summed E-state index contributed by atoms with van der Waals surface area (Å²) in [5.41, 5.74) is -0.600. The van der Waals surface area contributed by atoms with E-state index in [1.54, 1.807) is 51.1 Å². The Morgan fingerprint density at radius 2 is 1.75 bits per heavy atom. The predicted octanol–water partition coefficient (Wildman–Crippen LogP) is 2.46. The molecule has 0 unspecified atom stereocenters. The average Bonchev–Trinajstić information content (AvgIpc) is 3.08. The Balaban J connectivity index is 1.41. The van der Waals surface area contributed by atoms with Crippen molar-refractivity contribution in [2.24, 2.45) is 17.6 Å². The van der Waals surface area contributed by atoms with Gasteiger partial charge in [0.25, 0.3) is 5.91 Å². The number of aliphatic hydroxyl groups is 3. The van der Waals surface area contributed by atoms with Crippen molar-refractivity contribution in [3.63, 3.8) is 0 Å². The van der Waals surface area contributed by atoms with Crippen LogP contribution in [-0.2, 0) is 46.5 Å². The number of amides is 3. The number of esters is 1. The molecule has 0 heterocycles. The van der Waals surface area contributed by atoms with Gasteiger partial charge in [0, 0.05) is 29.5 Å². The largest absolute Gasteiger partial charge is 0.508 e. The zero-order chi connectivity index (χ0) is 40.7. The highest BCUT2D eigenvalue weighted by molar-refractivity contribution is 6.24. The van der Waals surface area contributed by atoms with Crippen molar-refractivity contribution in [2.75, 3.05) is 19.4 Å². The lowest BCUT2D eigenvalue weighted by Gasteiger charge is -2.50. The fourth-order valence-electron chi connectivity index (χ4n) is 7.38. The van der Waals surface area contributed by atoms with E-state index in [9.17, 15) is 49.2 Å². The summed E-state index contributed by atoms with van der Waals surface area (Å²) in [4.78, 5) is 79.6. The molecule has 3 aliphatic rings. The number of Topliss-reactive ketones (excluding diaryl/α,β-unsaturated/α-hetero) is 2. The molecule has 0 saturated heterocycles. The number of phenols is 1. The Morgan fingerprint density at radius 3 is 2.35 bits per heavy atom. The number of aliphatic hydroxyl groups excluding tert-OH is 2. The third-order valence-corrected chi connectivity index (χ3v) is 9.80. The molecule has 0 radical (unpaired) electrons. The molecule has 55 heavy (non-hydrogen) atoms. The Kier molecular flexibility index (Phi) is 11.1. The number of carbonyl (C=O) groups excluding carboxylic acids is 6. The average molecular weight is 767 g/mol. The summed E-state index contributed by atoms with van der Waals surface area (Å²) < 4.78 is 26.4. The van der Waals surface area contributed by atoms with Crippen LogP contribution in [0.5, 0.6) is 5.75 Å². The Morgan fingerprint density at radius 1 is 1.09 bits per heavy atom. The number of benzene rings is 2. The molecular weight excluding hydrogens is 723 g/mol. The molecule has 5 atom stereocenters. The van der Waals surface area contributed by atoms with Crippen molar-refractivity contribution >= 4 is 46.9 Å². The molecule has 3 amide bonds. The van der Waals surface area contributed by atoms with Crippen LogP contribution in [0.15, 0.2) is 53.3 Å². The van der Waals surface area contributed by atoms with Gasteiger partial charge in [-0.3, -0.25) is 24.1 Å². The highest BCUT2D eigenvalue weighted by Crippen LogP contribution is 2.53. The van der Waals surface area contributed by atoms with Crippen molar-refractivity contribution in [1.29, 1.82) is 0 Å². The first-order valence-corrected chi connectivity index (χ1v) is 17.4. The standard InChI is InChI=1S/C38H43FN4O12/c1-37(2,3)55-36(52)42-22(35(51)54-16-17-9-7-6-8-10-17)11-12-24(44)41-23-15-21(39)19-13-18-14-20-28(43(4)5)31(47)27(34(40)50)33(49)38(20,53)32(48)25(18)30(46)26(19)29(23)45/h6-10,15,18,20,22,28,45-46,49,53H,11-14,16H2,1-5H3,(H2,40,50)(H,41,44)(H,42,52)/t18-,20-,22-,28-,38-/m0/s1. The fraction of sp³-hybridized carbons (Fsp3) is 0.421. The topological polar surface area (TPSA) is 255 Å². The van der Waals surface area contributed by atoms with Gasteiger partial charge in [-0.1, -0.05) is 30.3 Å². The van der Waals surface area contributed by atoms with Crippen LogP contribution in [0.1, 0.15) is 56.7 Å². The van der Waals surface area contributed by atoms with Crippen LogP contribution in [0.2, 0.25) is 0 Å². The lowest BCUT2D eigenvalue weighted by molar-refractivity contribution is -0.154. The van der Waals surface area contributed by atoms with Crippen LogP contribution in [0.4, 0.5) is 14.9 Å². The minimum absolute atomic E-state index is 0.127. The number of nitrogens with zero attached hydrogens (tertiary/aromatic N) is 1. The summed E-state index contributed by atoms with van der Waals surface area (Å²) in [7, 11) is 2.91. The second-order valence-corrected chi connectivity index (χ2v) is 14.9. The van der Waals surface area contributed by atoms with Gasteiger partial charge in [0.2, 0.25) is 11.7 Å². The molecule has 1 saturated carbocycles. The fourth-order valence-corrected chi connectivity index (χ4v) is 7.38. The third-order valence-electron chi connectivity index (χ3n) is 9.80. The number of ketones is 2. The lowest BCUT2D eigenvalue weighted by Crippen LogP contribution is -2.65. The Hall–Kier alpha value is -5.81. The molecule has 0 bridgehead atoms. The zero-order valence-corrected chi connectivity index (χ0v) is 30.8. The number of fused-ring (bicyclic) bond motifs is 3. The maximum absolute atomic E-state index is 15.8. The first kappa shape index (κ1) is 40.4. The number of rotatable bonds is 10. The lowest BCUT2D eigenvalue weighted by atomic mass is 9.57. The Labute approximate surface area is 314 Å². The quantitative estimate of drug-likeness (QED) is 0.104. The van der Waals surface area contributed by atoms with Gasteiger partial charge in [-0.2, -0.15) is 0 Å². The van der Waals surface area contributed by atoms with Crippen LogP contribution >= 0.6 is 0 Å². The zero-order valence-electron chi connectivity index (χ0n) is 30.8. The van der Waals surface area contributed by atoms with Crippen LogP contribution < -0.4 is 16.4 Å². The molecule has 0 aromatic heterocycles. The monoisotopic (exact) mass is 766 g/mol. The Bertz CT molecular complexity index is 2020. The predicted molar refractivity (Wildman–Crippen MR) is 191 cm³/mol. The van der Waals surface area contributed by atoms with Gasteiger partial charge in [0.05, 0.1) is 17.3 Å². The first-order valence-electron chi connectivity index (χ1n) is 17.4. The summed E-state index contributed by atoms with van der Waals surface area (Å²) in [5, 5.41) is 50.2. The number of ether oxygens (including phenoxy) is 2. The number of alkyl carbamates (subject to hydrolysis) is 1. The van der Waals surface area contributed by atoms with Gasteiger partial charge < -0.3 is 46.3 Å². The third kappa shape index (κ3) is 7.75. The number of likely N-dealkylation sites (N-methyl/N-ethyl adjacent to an activating group) is 1. The summed E-state index contributed by atoms with van der Waals surface area (Å²) in [5.74, 6) is -11.7. The second kappa shape index (κ2) is 15.1. The van der Waals surface area contributed by atoms with Crippen molar-refractivity contribution in [3.05, 3.63) is 75.8 Å². The summed E-state index contributed by atoms with van der Waals surface area (Å²) >= 11 is 0. The van der Waals surface area contributed by atoms with E-state index in [0.29, 0.717) is 5.56 Å². The normalized spacial score (nSPS) is 22.7. The molecule has 17 heteroatoms.